The summed E-state index contributed by atoms with van der Waals surface area (Å²) < 4.78 is 1.07. The maximum absolute atomic E-state index is 12.5. The molecule has 1 aromatic rings. The highest BCUT2D eigenvalue weighted by Crippen LogP contribution is 2.21. The number of likely N-dealkylation sites (tertiary alicyclic amines) is 1. The predicted molar refractivity (Wildman–Crippen MR) is 87.0 cm³/mol. The number of benzene rings is 1. The summed E-state index contributed by atoms with van der Waals surface area (Å²) in [6.07, 6.45) is 4.76. The molecule has 0 aliphatic carbocycles. The molecule has 1 atom stereocenters. The molecule has 4 heteroatoms. The van der Waals surface area contributed by atoms with Crippen molar-refractivity contribution in [2.75, 3.05) is 18.4 Å². The first-order chi connectivity index (χ1) is 9.58. The van der Waals surface area contributed by atoms with Crippen molar-refractivity contribution < 1.29 is 4.79 Å². The quantitative estimate of drug-likeness (QED) is 0.904. The lowest BCUT2D eigenvalue weighted by Crippen LogP contribution is -2.41. The second kappa shape index (κ2) is 7.11. The lowest BCUT2D eigenvalue weighted by molar-refractivity contribution is -0.131. The van der Waals surface area contributed by atoms with Gasteiger partial charge in [0.15, 0.2) is 0 Å². The van der Waals surface area contributed by atoms with E-state index in [0.29, 0.717) is 0 Å². The van der Waals surface area contributed by atoms with Gasteiger partial charge in [0.25, 0.3) is 0 Å². The van der Waals surface area contributed by atoms with Gasteiger partial charge in [-0.15, -0.1) is 0 Å². The summed E-state index contributed by atoms with van der Waals surface area (Å²) in [6, 6.07) is 5.92. The second-order valence-electron chi connectivity index (χ2n) is 5.57. The summed E-state index contributed by atoms with van der Waals surface area (Å²) in [7, 11) is 0. The highest BCUT2D eigenvalue weighted by atomic mass is 79.9. The van der Waals surface area contributed by atoms with Crippen LogP contribution in [0, 0.1) is 6.92 Å². The van der Waals surface area contributed by atoms with Crippen molar-refractivity contribution in [2.24, 2.45) is 0 Å². The fraction of sp³-hybridized carbons (Fsp3) is 0.562. The number of carbonyl (C=O) groups is 1. The molecule has 1 aliphatic rings. The lowest BCUT2D eigenvalue weighted by atomic mass is 10.2. The number of hydrogen-bond donors (Lipinski definition) is 1. The van der Waals surface area contributed by atoms with Gasteiger partial charge in [0.1, 0.15) is 6.04 Å². The Labute approximate surface area is 129 Å². The van der Waals surface area contributed by atoms with Crippen LogP contribution in [0.2, 0.25) is 0 Å². The van der Waals surface area contributed by atoms with E-state index in [1.165, 1.54) is 18.4 Å². The van der Waals surface area contributed by atoms with Crippen LogP contribution in [-0.4, -0.2) is 29.9 Å². The normalized spacial score (nSPS) is 17.4. The molecule has 0 aromatic heterocycles. The monoisotopic (exact) mass is 338 g/mol. The molecule has 1 heterocycles. The zero-order valence-electron chi connectivity index (χ0n) is 12.3. The van der Waals surface area contributed by atoms with Gasteiger partial charge in [-0.1, -0.05) is 34.8 Å². The van der Waals surface area contributed by atoms with E-state index in [4.69, 9.17) is 0 Å². The summed E-state index contributed by atoms with van der Waals surface area (Å²) in [4.78, 5) is 14.5. The maximum atomic E-state index is 12.5. The van der Waals surface area contributed by atoms with Gasteiger partial charge in [-0.3, -0.25) is 4.79 Å². The minimum Gasteiger partial charge on any atom is -0.374 e. The van der Waals surface area contributed by atoms with Crippen LogP contribution in [0.5, 0.6) is 0 Å². The molecule has 2 rings (SSSR count). The smallest absolute Gasteiger partial charge is 0.244 e. The number of halogens is 1. The highest BCUT2D eigenvalue weighted by molar-refractivity contribution is 9.10. The lowest BCUT2D eigenvalue weighted by Gasteiger charge is -2.25. The van der Waals surface area contributed by atoms with Crippen molar-refractivity contribution in [1.82, 2.24) is 4.90 Å². The Hall–Kier alpha value is -1.03. The van der Waals surface area contributed by atoms with Crippen LogP contribution in [0.1, 0.15) is 38.2 Å². The van der Waals surface area contributed by atoms with Crippen LogP contribution in [0.25, 0.3) is 0 Å². The molecule has 0 radical (unpaired) electrons. The molecule has 1 N–H and O–H groups in total. The Balaban J connectivity index is 1.97. The molecule has 3 nitrogen and oxygen atoms in total. The first-order valence-electron chi connectivity index (χ1n) is 7.39. The number of anilines is 1. The van der Waals surface area contributed by atoms with Crippen LogP contribution in [0.3, 0.4) is 0 Å². The molecule has 1 aliphatic heterocycles. The van der Waals surface area contributed by atoms with Gasteiger partial charge >= 0.3 is 0 Å². The van der Waals surface area contributed by atoms with Gasteiger partial charge in [0.05, 0.1) is 0 Å². The van der Waals surface area contributed by atoms with E-state index in [1.54, 1.807) is 0 Å². The Morgan fingerprint density at radius 2 is 1.90 bits per heavy atom. The van der Waals surface area contributed by atoms with Gasteiger partial charge in [-0.2, -0.15) is 0 Å². The molecule has 0 saturated carbocycles. The standard InChI is InChI=1S/C16H23BrN2O/c1-12-7-8-14(11-15(12)17)18-13(2)16(20)19-9-5-3-4-6-10-19/h7-8,11,13,18H,3-6,9-10H2,1-2H3. The Morgan fingerprint density at radius 1 is 1.25 bits per heavy atom. The Bertz CT molecular complexity index is 468. The van der Waals surface area contributed by atoms with Crippen LogP contribution in [0.4, 0.5) is 5.69 Å². The third-order valence-corrected chi connectivity index (χ3v) is 4.70. The van der Waals surface area contributed by atoms with Crippen LogP contribution >= 0.6 is 15.9 Å². The van der Waals surface area contributed by atoms with Crippen LogP contribution in [-0.2, 0) is 4.79 Å². The number of amides is 1. The minimum atomic E-state index is -0.178. The molecular formula is C16H23BrN2O. The fourth-order valence-electron chi connectivity index (χ4n) is 2.56. The van der Waals surface area contributed by atoms with E-state index in [2.05, 4.69) is 34.2 Å². The van der Waals surface area contributed by atoms with E-state index in [0.717, 1.165) is 36.1 Å². The zero-order chi connectivity index (χ0) is 14.5. The molecule has 0 spiro atoms. The summed E-state index contributed by atoms with van der Waals surface area (Å²) in [5.74, 6) is 0.212. The van der Waals surface area contributed by atoms with Crippen LogP contribution < -0.4 is 5.32 Å². The van der Waals surface area contributed by atoms with Gasteiger partial charge < -0.3 is 10.2 Å². The summed E-state index contributed by atoms with van der Waals surface area (Å²) in [5, 5.41) is 3.31. The topological polar surface area (TPSA) is 32.3 Å². The van der Waals surface area contributed by atoms with Gasteiger partial charge in [0.2, 0.25) is 5.91 Å². The van der Waals surface area contributed by atoms with Crippen molar-refractivity contribution in [1.29, 1.82) is 0 Å². The number of aryl methyl sites for hydroxylation is 1. The average molecular weight is 339 g/mol. The largest absolute Gasteiger partial charge is 0.374 e. The third kappa shape index (κ3) is 3.98. The molecule has 0 bridgehead atoms. The molecule has 1 amide bonds. The summed E-state index contributed by atoms with van der Waals surface area (Å²) in [6.45, 7) is 5.81. The number of nitrogens with zero attached hydrogens (tertiary/aromatic N) is 1. The second-order valence-corrected chi connectivity index (χ2v) is 6.42. The van der Waals surface area contributed by atoms with E-state index < -0.39 is 0 Å². The van der Waals surface area contributed by atoms with Crippen molar-refractivity contribution in [3.05, 3.63) is 28.2 Å². The van der Waals surface area contributed by atoms with E-state index in [-0.39, 0.29) is 11.9 Å². The predicted octanol–water partition coefficient (Wildman–Crippen LogP) is 3.96. The fourth-order valence-corrected chi connectivity index (χ4v) is 2.94. The van der Waals surface area contributed by atoms with Crippen molar-refractivity contribution in [2.45, 2.75) is 45.6 Å². The van der Waals surface area contributed by atoms with Crippen LogP contribution in [0.15, 0.2) is 22.7 Å². The van der Waals surface area contributed by atoms with Gasteiger partial charge in [-0.25, -0.2) is 0 Å². The number of nitrogens with one attached hydrogen (secondary N) is 1. The number of rotatable bonds is 3. The highest BCUT2D eigenvalue weighted by Gasteiger charge is 2.21. The average Bonchev–Trinajstić information content (AvgIpc) is 2.71. The van der Waals surface area contributed by atoms with E-state index in [1.807, 2.05) is 24.0 Å². The number of carbonyl (C=O) groups excluding carboxylic acids is 1. The van der Waals surface area contributed by atoms with Crippen molar-refractivity contribution in [3.63, 3.8) is 0 Å². The molecule has 1 fully saturated rings. The summed E-state index contributed by atoms with van der Waals surface area (Å²) in [5.41, 5.74) is 2.18. The first kappa shape index (κ1) is 15.4. The van der Waals surface area contributed by atoms with E-state index >= 15 is 0 Å². The van der Waals surface area contributed by atoms with Crippen molar-refractivity contribution >= 4 is 27.5 Å². The number of hydrogen-bond acceptors (Lipinski definition) is 2. The first-order valence-corrected chi connectivity index (χ1v) is 8.18. The molecule has 1 aromatic carbocycles. The zero-order valence-corrected chi connectivity index (χ0v) is 13.9. The van der Waals surface area contributed by atoms with Gasteiger partial charge in [-0.05, 0) is 44.4 Å². The van der Waals surface area contributed by atoms with Crippen molar-refractivity contribution in [3.8, 4) is 0 Å². The molecule has 1 unspecified atom stereocenters. The molecule has 20 heavy (non-hydrogen) atoms. The Kier molecular flexibility index (Phi) is 5.46. The Morgan fingerprint density at radius 3 is 2.50 bits per heavy atom. The van der Waals surface area contributed by atoms with E-state index in [9.17, 15) is 4.79 Å². The maximum Gasteiger partial charge on any atom is 0.244 e. The molecular weight excluding hydrogens is 316 g/mol. The summed E-state index contributed by atoms with van der Waals surface area (Å²) >= 11 is 3.52. The third-order valence-electron chi connectivity index (χ3n) is 3.84. The minimum absolute atomic E-state index is 0.178. The SMILES string of the molecule is Cc1ccc(NC(C)C(=O)N2CCCCCC2)cc1Br. The van der Waals surface area contributed by atoms with Gasteiger partial charge in [0, 0.05) is 23.2 Å². The molecule has 110 valence electrons. The molecule has 1 saturated heterocycles.